The van der Waals surface area contributed by atoms with Gasteiger partial charge >= 0.3 is 0 Å². The van der Waals surface area contributed by atoms with Gasteiger partial charge in [0, 0.05) is 18.4 Å². The van der Waals surface area contributed by atoms with Crippen LogP contribution in [0.1, 0.15) is 49.7 Å². The standard InChI is InChI=1S/C28H25F5/c29-25-16-21(10-9-19(25)7-4-8-28(32)33)24-14-12-22(17-27(24)31)23-13-11-20(15-26(23)30)18-5-2-1-3-6-18/h1-2,5,8-14,17,25-26H,3-4,6-7,15-16H2. The van der Waals surface area contributed by atoms with Crippen molar-refractivity contribution in [3.05, 3.63) is 107 Å². The molecule has 1 aromatic rings. The molecule has 4 rings (SSSR count). The number of rotatable bonds is 6. The predicted molar refractivity (Wildman–Crippen MR) is 124 cm³/mol. The van der Waals surface area contributed by atoms with Crippen molar-refractivity contribution >= 4 is 11.1 Å². The molecule has 2 unspecified atom stereocenters. The van der Waals surface area contributed by atoms with E-state index in [4.69, 9.17) is 0 Å². The van der Waals surface area contributed by atoms with Crippen LogP contribution in [0.15, 0.2) is 89.6 Å². The van der Waals surface area contributed by atoms with Gasteiger partial charge in [0.1, 0.15) is 18.2 Å². The molecule has 0 radical (unpaired) electrons. The van der Waals surface area contributed by atoms with Crippen molar-refractivity contribution in [2.24, 2.45) is 0 Å². The average molecular weight is 456 g/mol. The maximum Gasteiger partial charge on any atom is 0.266 e. The van der Waals surface area contributed by atoms with Gasteiger partial charge in [-0.3, -0.25) is 0 Å². The van der Waals surface area contributed by atoms with Gasteiger partial charge < -0.3 is 0 Å². The first-order chi connectivity index (χ1) is 15.9. The van der Waals surface area contributed by atoms with E-state index in [1.54, 1.807) is 30.4 Å². The molecule has 0 saturated heterocycles. The summed E-state index contributed by atoms with van der Waals surface area (Å²) in [7, 11) is 0. The Morgan fingerprint density at radius 3 is 2.36 bits per heavy atom. The Bertz CT molecular complexity index is 1120. The number of benzene rings is 1. The number of alkyl halides is 2. The summed E-state index contributed by atoms with van der Waals surface area (Å²) >= 11 is 0. The van der Waals surface area contributed by atoms with Gasteiger partial charge in [0.15, 0.2) is 0 Å². The molecule has 0 aromatic heterocycles. The number of hydrogen-bond donors (Lipinski definition) is 0. The van der Waals surface area contributed by atoms with E-state index < -0.39 is 24.2 Å². The van der Waals surface area contributed by atoms with E-state index in [1.165, 1.54) is 6.07 Å². The van der Waals surface area contributed by atoms with E-state index in [0.29, 0.717) is 22.3 Å². The molecule has 1 aromatic carbocycles. The highest BCUT2D eigenvalue weighted by Gasteiger charge is 2.24. The Morgan fingerprint density at radius 2 is 1.70 bits per heavy atom. The molecule has 0 bridgehead atoms. The first-order valence-electron chi connectivity index (χ1n) is 11.2. The van der Waals surface area contributed by atoms with Crippen molar-refractivity contribution < 1.29 is 22.0 Å². The van der Waals surface area contributed by atoms with Crippen LogP contribution in [-0.2, 0) is 0 Å². The van der Waals surface area contributed by atoms with Crippen LogP contribution in [0.4, 0.5) is 22.0 Å². The molecule has 5 heteroatoms. The molecule has 3 aliphatic rings. The summed E-state index contributed by atoms with van der Waals surface area (Å²) in [5.41, 5.74) is 4.22. The quantitative estimate of drug-likeness (QED) is 0.375. The van der Waals surface area contributed by atoms with Crippen LogP contribution in [0.25, 0.3) is 11.1 Å². The molecule has 172 valence electrons. The Kier molecular flexibility index (Phi) is 7.26. The van der Waals surface area contributed by atoms with Gasteiger partial charge in [0.05, 0.1) is 0 Å². The molecule has 3 aliphatic carbocycles. The topological polar surface area (TPSA) is 0 Å². The molecule has 0 fully saturated rings. The molecule has 0 nitrogen and oxygen atoms in total. The molecule has 0 amide bonds. The molecule has 0 spiro atoms. The van der Waals surface area contributed by atoms with Crippen LogP contribution >= 0.6 is 0 Å². The smallest absolute Gasteiger partial charge is 0.242 e. The SMILES string of the molecule is FC(F)=CCCC1=CC=C(c2ccc(C3=CC=C(C4=CC=CCC4)CC3F)cc2F)CC1F. The fourth-order valence-corrected chi connectivity index (χ4v) is 4.50. The van der Waals surface area contributed by atoms with Gasteiger partial charge in [0.2, 0.25) is 0 Å². The molecular weight excluding hydrogens is 431 g/mol. The van der Waals surface area contributed by atoms with Crippen LogP contribution in [0, 0.1) is 5.82 Å². The van der Waals surface area contributed by atoms with E-state index in [-0.39, 0.29) is 31.2 Å². The highest BCUT2D eigenvalue weighted by atomic mass is 19.3. The summed E-state index contributed by atoms with van der Waals surface area (Å²) < 4.78 is 68.8. The molecule has 0 aliphatic heterocycles. The lowest BCUT2D eigenvalue weighted by Gasteiger charge is -2.23. The van der Waals surface area contributed by atoms with Crippen LogP contribution in [0.5, 0.6) is 0 Å². The fourth-order valence-electron chi connectivity index (χ4n) is 4.50. The Balaban J connectivity index is 1.52. The minimum atomic E-state index is -1.78. The fraction of sp³-hybridized carbons (Fsp3) is 0.286. The van der Waals surface area contributed by atoms with Crippen molar-refractivity contribution in [3.63, 3.8) is 0 Å². The Morgan fingerprint density at radius 1 is 0.909 bits per heavy atom. The summed E-state index contributed by atoms with van der Waals surface area (Å²) in [6.07, 6.45) is 11.7. The summed E-state index contributed by atoms with van der Waals surface area (Å²) in [4.78, 5) is 0. The van der Waals surface area contributed by atoms with E-state index >= 15 is 0 Å². The average Bonchev–Trinajstić information content (AvgIpc) is 2.80. The van der Waals surface area contributed by atoms with Gasteiger partial charge in [0.25, 0.3) is 6.08 Å². The molecule has 33 heavy (non-hydrogen) atoms. The summed E-state index contributed by atoms with van der Waals surface area (Å²) in [6.45, 7) is 0. The number of allylic oxidation sites excluding steroid dienone is 13. The maximum absolute atomic E-state index is 15.0. The maximum atomic E-state index is 15.0. The van der Waals surface area contributed by atoms with Gasteiger partial charge in [-0.2, -0.15) is 8.78 Å². The summed E-state index contributed by atoms with van der Waals surface area (Å²) in [5, 5.41) is 0. The lowest BCUT2D eigenvalue weighted by atomic mass is 9.85. The number of halogens is 5. The monoisotopic (exact) mass is 456 g/mol. The van der Waals surface area contributed by atoms with Crippen molar-refractivity contribution in [2.45, 2.75) is 50.9 Å². The number of hydrogen-bond acceptors (Lipinski definition) is 0. The van der Waals surface area contributed by atoms with Crippen molar-refractivity contribution in [3.8, 4) is 0 Å². The second kappa shape index (κ2) is 10.3. The third-order valence-electron chi connectivity index (χ3n) is 6.31. The highest BCUT2D eigenvalue weighted by Crippen LogP contribution is 2.37. The van der Waals surface area contributed by atoms with Crippen molar-refractivity contribution in [1.29, 1.82) is 0 Å². The van der Waals surface area contributed by atoms with Gasteiger partial charge in [-0.25, -0.2) is 13.2 Å². The highest BCUT2D eigenvalue weighted by molar-refractivity contribution is 5.76. The molecule has 0 heterocycles. The van der Waals surface area contributed by atoms with Crippen LogP contribution in [-0.4, -0.2) is 12.3 Å². The molecule has 0 saturated carbocycles. The van der Waals surface area contributed by atoms with E-state index in [2.05, 4.69) is 6.08 Å². The predicted octanol–water partition coefficient (Wildman–Crippen LogP) is 8.77. The Hall–Kier alpha value is -2.95. The third-order valence-corrected chi connectivity index (χ3v) is 6.31. The third kappa shape index (κ3) is 5.52. The molecule has 2 atom stereocenters. The van der Waals surface area contributed by atoms with Gasteiger partial charge in [-0.1, -0.05) is 54.7 Å². The minimum absolute atomic E-state index is 0.0198. The van der Waals surface area contributed by atoms with Crippen LogP contribution < -0.4 is 0 Å². The van der Waals surface area contributed by atoms with Gasteiger partial charge in [-0.15, -0.1) is 0 Å². The molecule has 0 N–H and O–H groups in total. The normalized spacial score (nSPS) is 22.6. The first kappa shape index (κ1) is 23.2. The van der Waals surface area contributed by atoms with E-state index in [0.717, 1.165) is 30.1 Å². The second-order valence-electron chi connectivity index (χ2n) is 8.48. The summed E-state index contributed by atoms with van der Waals surface area (Å²) in [6, 6.07) is 4.53. The largest absolute Gasteiger partial charge is 0.266 e. The molecular formula is C28H25F5. The van der Waals surface area contributed by atoms with Crippen molar-refractivity contribution in [2.75, 3.05) is 0 Å². The van der Waals surface area contributed by atoms with Crippen molar-refractivity contribution in [1.82, 2.24) is 0 Å². The first-order valence-corrected chi connectivity index (χ1v) is 11.2. The summed E-state index contributed by atoms with van der Waals surface area (Å²) in [5.74, 6) is -0.534. The zero-order valence-electron chi connectivity index (χ0n) is 18.1. The second-order valence-corrected chi connectivity index (χ2v) is 8.48. The minimum Gasteiger partial charge on any atom is -0.242 e. The van der Waals surface area contributed by atoms with Crippen LogP contribution in [0.3, 0.4) is 0 Å². The Labute approximate surface area is 190 Å². The lowest BCUT2D eigenvalue weighted by molar-refractivity contribution is 0.376. The van der Waals surface area contributed by atoms with E-state index in [9.17, 15) is 22.0 Å². The zero-order chi connectivity index (χ0) is 23.4. The van der Waals surface area contributed by atoms with Gasteiger partial charge in [-0.05, 0) is 71.3 Å². The van der Waals surface area contributed by atoms with Crippen LogP contribution in [0.2, 0.25) is 0 Å². The van der Waals surface area contributed by atoms with E-state index in [1.807, 2.05) is 18.2 Å². The zero-order valence-corrected chi connectivity index (χ0v) is 18.1. The lowest BCUT2D eigenvalue weighted by Crippen LogP contribution is -2.12.